The maximum Gasteiger partial charge on any atom is 0.307 e. The smallest absolute Gasteiger partial charge is 0.307 e. The second-order valence-electron chi connectivity index (χ2n) is 5.81. The number of rotatable bonds is 4. The lowest BCUT2D eigenvalue weighted by Gasteiger charge is -2.19. The van der Waals surface area contributed by atoms with Crippen molar-refractivity contribution in [1.82, 2.24) is 5.32 Å². The SMILES string of the molecule is Cc1ccc(C(C)NC(=O)C2CC(C)CC2C(=O)O)s1. The fourth-order valence-corrected chi connectivity index (χ4v) is 3.81. The van der Waals surface area contributed by atoms with Gasteiger partial charge in [0.05, 0.1) is 17.9 Å². The molecule has 2 rings (SSSR count). The molecule has 4 atom stereocenters. The number of carboxylic acids is 1. The highest BCUT2D eigenvalue weighted by atomic mass is 32.1. The van der Waals surface area contributed by atoms with Crippen molar-refractivity contribution in [3.63, 3.8) is 0 Å². The minimum Gasteiger partial charge on any atom is -0.481 e. The molecule has 1 aromatic heterocycles. The number of amides is 1. The average Bonchev–Trinajstić information content (AvgIpc) is 2.95. The van der Waals surface area contributed by atoms with Crippen LogP contribution in [0.15, 0.2) is 12.1 Å². The first-order valence-corrected chi connectivity index (χ1v) is 7.79. The Labute approximate surface area is 123 Å². The minimum atomic E-state index is -0.853. The van der Waals surface area contributed by atoms with E-state index in [9.17, 15) is 14.7 Å². The van der Waals surface area contributed by atoms with E-state index in [4.69, 9.17) is 0 Å². The largest absolute Gasteiger partial charge is 0.481 e. The first kappa shape index (κ1) is 15.0. The zero-order chi connectivity index (χ0) is 14.9. The van der Waals surface area contributed by atoms with E-state index in [0.29, 0.717) is 18.8 Å². The summed E-state index contributed by atoms with van der Waals surface area (Å²) >= 11 is 1.66. The maximum absolute atomic E-state index is 12.3. The number of aliphatic carboxylic acids is 1. The van der Waals surface area contributed by atoms with Gasteiger partial charge in [0.15, 0.2) is 0 Å². The van der Waals surface area contributed by atoms with E-state index in [-0.39, 0.29) is 11.9 Å². The van der Waals surface area contributed by atoms with Crippen molar-refractivity contribution in [1.29, 1.82) is 0 Å². The third-order valence-electron chi connectivity index (χ3n) is 4.00. The standard InChI is InChI=1S/C15H21NO3S/c1-8-6-11(12(7-8)15(18)19)14(17)16-10(3)13-5-4-9(2)20-13/h4-5,8,10-12H,6-7H2,1-3H3,(H,16,17)(H,18,19). The lowest BCUT2D eigenvalue weighted by molar-refractivity contribution is -0.146. The normalized spacial score (nSPS) is 27.2. The molecule has 5 heteroatoms. The van der Waals surface area contributed by atoms with E-state index in [1.54, 1.807) is 11.3 Å². The highest BCUT2D eigenvalue weighted by Crippen LogP contribution is 2.37. The Hall–Kier alpha value is -1.36. The summed E-state index contributed by atoms with van der Waals surface area (Å²) in [6.07, 6.45) is 1.26. The number of hydrogen-bond acceptors (Lipinski definition) is 3. The molecule has 0 bridgehead atoms. The molecule has 110 valence electrons. The van der Waals surface area contributed by atoms with Gasteiger partial charge < -0.3 is 10.4 Å². The van der Waals surface area contributed by atoms with Crippen LogP contribution in [0.25, 0.3) is 0 Å². The van der Waals surface area contributed by atoms with Crippen LogP contribution in [0.3, 0.4) is 0 Å². The van der Waals surface area contributed by atoms with Gasteiger partial charge in [-0.3, -0.25) is 9.59 Å². The molecule has 1 aliphatic carbocycles. The fourth-order valence-electron chi connectivity index (χ4n) is 2.93. The molecule has 2 N–H and O–H groups in total. The molecule has 0 spiro atoms. The summed E-state index contributed by atoms with van der Waals surface area (Å²) in [7, 11) is 0. The first-order chi connectivity index (χ1) is 9.38. The van der Waals surface area contributed by atoms with Crippen LogP contribution in [0.5, 0.6) is 0 Å². The number of carbonyl (C=O) groups excluding carboxylic acids is 1. The Balaban J connectivity index is 2.02. The molecule has 4 nitrogen and oxygen atoms in total. The summed E-state index contributed by atoms with van der Waals surface area (Å²) in [5.41, 5.74) is 0. The highest BCUT2D eigenvalue weighted by molar-refractivity contribution is 7.12. The van der Waals surface area contributed by atoms with Gasteiger partial charge in [0.25, 0.3) is 0 Å². The van der Waals surface area contributed by atoms with Crippen molar-refractivity contribution in [3.8, 4) is 0 Å². The Kier molecular flexibility index (Phi) is 4.48. The first-order valence-electron chi connectivity index (χ1n) is 6.98. The topological polar surface area (TPSA) is 66.4 Å². The minimum absolute atomic E-state index is 0.0634. The zero-order valence-corrected chi connectivity index (χ0v) is 12.9. The van der Waals surface area contributed by atoms with Gasteiger partial charge in [0.1, 0.15) is 0 Å². The second-order valence-corrected chi connectivity index (χ2v) is 7.13. The third-order valence-corrected chi connectivity index (χ3v) is 5.18. The van der Waals surface area contributed by atoms with E-state index in [2.05, 4.69) is 5.32 Å². The van der Waals surface area contributed by atoms with Crippen LogP contribution >= 0.6 is 11.3 Å². The van der Waals surface area contributed by atoms with E-state index in [0.717, 1.165) is 4.88 Å². The van der Waals surface area contributed by atoms with Gasteiger partial charge in [-0.25, -0.2) is 0 Å². The molecule has 1 aliphatic rings. The van der Waals surface area contributed by atoms with Gasteiger partial charge in [-0.15, -0.1) is 11.3 Å². The lowest BCUT2D eigenvalue weighted by Crippen LogP contribution is -2.36. The number of carboxylic acid groups (broad SMARTS) is 1. The summed E-state index contributed by atoms with van der Waals surface area (Å²) in [6.45, 7) is 5.98. The molecule has 0 aromatic carbocycles. The Bertz CT molecular complexity index is 511. The van der Waals surface area contributed by atoms with Crippen LogP contribution < -0.4 is 5.32 Å². The van der Waals surface area contributed by atoms with Gasteiger partial charge in [0, 0.05) is 9.75 Å². The lowest BCUT2D eigenvalue weighted by atomic mass is 9.95. The van der Waals surface area contributed by atoms with Gasteiger partial charge in [-0.05, 0) is 44.7 Å². The van der Waals surface area contributed by atoms with Crippen LogP contribution in [-0.2, 0) is 9.59 Å². The van der Waals surface area contributed by atoms with Crippen LogP contribution in [0.4, 0.5) is 0 Å². The van der Waals surface area contributed by atoms with Gasteiger partial charge >= 0.3 is 5.97 Å². The molecule has 1 amide bonds. The number of aryl methyl sites for hydroxylation is 1. The molecule has 0 radical (unpaired) electrons. The van der Waals surface area contributed by atoms with E-state index < -0.39 is 17.8 Å². The molecule has 1 saturated carbocycles. The molecule has 4 unspecified atom stereocenters. The molecule has 1 fully saturated rings. The Morgan fingerprint density at radius 2 is 2.00 bits per heavy atom. The molecule has 0 aliphatic heterocycles. The number of carbonyl (C=O) groups is 2. The maximum atomic E-state index is 12.3. The van der Waals surface area contributed by atoms with E-state index >= 15 is 0 Å². The van der Waals surface area contributed by atoms with Gasteiger partial charge in [-0.2, -0.15) is 0 Å². The van der Waals surface area contributed by atoms with Crippen molar-refractivity contribution in [2.45, 2.75) is 39.7 Å². The number of thiophene rings is 1. The highest BCUT2D eigenvalue weighted by Gasteiger charge is 2.41. The fraction of sp³-hybridized carbons (Fsp3) is 0.600. The van der Waals surface area contributed by atoms with E-state index in [1.807, 2.05) is 32.9 Å². The van der Waals surface area contributed by atoms with Crippen molar-refractivity contribution in [2.24, 2.45) is 17.8 Å². The van der Waals surface area contributed by atoms with Crippen molar-refractivity contribution in [3.05, 3.63) is 21.9 Å². The van der Waals surface area contributed by atoms with Crippen molar-refractivity contribution >= 4 is 23.2 Å². The number of hydrogen-bond donors (Lipinski definition) is 2. The summed E-state index contributed by atoms with van der Waals surface area (Å²) in [4.78, 5) is 25.9. The van der Waals surface area contributed by atoms with Crippen LogP contribution in [0.2, 0.25) is 0 Å². The zero-order valence-electron chi connectivity index (χ0n) is 12.1. The Morgan fingerprint density at radius 3 is 2.55 bits per heavy atom. The predicted molar refractivity (Wildman–Crippen MR) is 78.6 cm³/mol. The molecule has 1 heterocycles. The van der Waals surface area contributed by atoms with Crippen LogP contribution in [0, 0.1) is 24.7 Å². The molecule has 1 aromatic rings. The summed E-state index contributed by atoms with van der Waals surface area (Å²) in [5, 5.41) is 12.2. The van der Waals surface area contributed by atoms with Crippen molar-refractivity contribution in [2.75, 3.05) is 0 Å². The third kappa shape index (κ3) is 3.20. The van der Waals surface area contributed by atoms with Crippen LogP contribution in [-0.4, -0.2) is 17.0 Å². The molecular weight excluding hydrogens is 274 g/mol. The average molecular weight is 295 g/mol. The van der Waals surface area contributed by atoms with Crippen LogP contribution in [0.1, 0.15) is 42.5 Å². The molecular formula is C15H21NO3S. The summed E-state index contributed by atoms with van der Waals surface area (Å²) < 4.78 is 0. The second kappa shape index (κ2) is 5.95. The summed E-state index contributed by atoms with van der Waals surface area (Å²) in [6, 6.07) is 3.98. The molecule has 20 heavy (non-hydrogen) atoms. The number of nitrogens with one attached hydrogen (secondary N) is 1. The van der Waals surface area contributed by atoms with Crippen molar-refractivity contribution < 1.29 is 14.7 Å². The molecule has 0 saturated heterocycles. The monoisotopic (exact) mass is 295 g/mol. The van der Waals surface area contributed by atoms with Gasteiger partial charge in [-0.1, -0.05) is 6.92 Å². The predicted octanol–water partition coefficient (Wildman–Crippen LogP) is 2.98. The Morgan fingerprint density at radius 1 is 1.35 bits per heavy atom. The van der Waals surface area contributed by atoms with Gasteiger partial charge in [0.2, 0.25) is 5.91 Å². The summed E-state index contributed by atoms with van der Waals surface area (Å²) in [5.74, 6) is -1.62. The van der Waals surface area contributed by atoms with E-state index in [1.165, 1.54) is 4.88 Å². The quantitative estimate of drug-likeness (QED) is 0.897.